The Labute approximate surface area is 245 Å². The average Bonchev–Trinajstić information content (AvgIpc) is 2.98. The summed E-state index contributed by atoms with van der Waals surface area (Å²) in [4.78, 5) is 77.2. The number of hydrogen-bond donors (Lipinski definition) is 6. The summed E-state index contributed by atoms with van der Waals surface area (Å²) in [5, 5.41) is 32.9. The molecule has 0 radical (unpaired) electrons. The molecule has 2 fully saturated rings. The van der Waals surface area contributed by atoms with E-state index in [-0.39, 0.29) is 45.4 Å². The number of nitrogens with two attached hydrogens (primary N) is 1. The highest BCUT2D eigenvalue weighted by Gasteiger charge is 2.27. The number of carbonyl (C=O) groups excluding carboxylic acids is 3. The predicted molar refractivity (Wildman–Crippen MR) is 149 cm³/mol. The van der Waals surface area contributed by atoms with Gasteiger partial charge in [-0.3, -0.25) is 38.7 Å². The number of primary amides is 1. The first-order valence-electron chi connectivity index (χ1n) is 14.3. The predicted octanol–water partition coefficient (Wildman–Crippen LogP) is -2.87. The van der Waals surface area contributed by atoms with Crippen LogP contribution in [-0.2, 0) is 28.8 Å². The van der Waals surface area contributed by atoms with E-state index in [0.29, 0.717) is 58.3 Å². The van der Waals surface area contributed by atoms with E-state index in [0.717, 1.165) is 19.4 Å². The number of carboxylic acids is 3. The van der Waals surface area contributed by atoms with Crippen molar-refractivity contribution in [2.24, 2.45) is 11.7 Å². The molecule has 0 aromatic rings. The van der Waals surface area contributed by atoms with Gasteiger partial charge in [0.25, 0.3) is 0 Å². The summed E-state index contributed by atoms with van der Waals surface area (Å²) in [6.45, 7) is 5.49. The molecule has 0 aromatic carbocycles. The van der Waals surface area contributed by atoms with Crippen LogP contribution in [0.1, 0.15) is 32.1 Å². The van der Waals surface area contributed by atoms with Crippen molar-refractivity contribution in [2.75, 3.05) is 85.1 Å². The Hall–Kier alpha value is -3.34. The highest BCUT2D eigenvalue weighted by molar-refractivity contribution is 5.85. The molecule has 2 aliphatic rings. The van der Waals surface area contributed by atoms with E-state index in [9.17, 15) is 44.1 Å². The SMILES string of the molecule is NC(=O)CCNC(=O)CCC(NC(=O)CN1CCC(CN2CCN(CC(=O)O)CCN(CC(=O)O)CC2)CC1)C(=O)O. The van der Waals surface area contributed by atoms with Crippen molar-refractivity contribution in [3.8, 4) is 0 Å². The van der Waals surface area contributed by atoms with E-state index in [4.69, 9.17) is 5.73 Å². The lowest BCUT2D eigenvalue weighted by molar-refractivity contribution is -0.142. The van der Waals surface area contributed by atoms with E-state index < -0.39 is 41.7 Å². The van der Waals surface area contributed by atoms with Gasteiger partial charge in [-0.25, -0.2) is 4.79 Å². The Balaban J connectivity index is 1.79. The standard InChI is InChI=1S/C26H45N7O9/c27-21(34)3-6-28-22(35)2-1-20(26(41)42)29-23(36)16-30-7-4-19(5-8-30)15-31-9-11-32(17-24(37)38)13-14-33(12-10-31)18-25(39)40/h19-20H,1-18H2,(H2,27,34)(H,28,35)(H,29,36)(H,37,38)(H,39,40)(H,41,42). The lowest BCUT2D eigenvalue weighted by Gasteiger charge is -2.35. The molecule has 0 aromatic heterocycles. The van der Waals surface area contributed by atoms with Crippen molar-refractivity contribution in [3.63, 3.8) is 0 Å². The smallest absolute Gasteiger partial charge is 0.326 e. The number of rotatable bonds is 16. The Bertz CT molecular complexity index is 915. The van der Waals surface area contributed by atoms with Crippen LogP contribution in [0.4, 0.5) is 0 Å². The minimum Gasteiger partial charge on any atom is -0.480 e. The summed E-state index contributed by atoms with van der Waals surface area (Å²) in [5.41, 5.74) is 5.02. The second-order valence-corrected chi connectivity index (χ2v) is 10.9. The van der Waals surface area contributed by atoms with Crippen molar-refractivity contribution >= 4 is 35.6 Å². The lowest BCUT2D eigenvalue weighted by atomic mass is 9.96. The van der Waals surface area contributed by atoms with Gasteiger partial charge in [-0.2, -0.15) is 0 Å². The van der Waals surface area contributed by atoms with Gasteiger partial charge in [-0.15, -0.1) is 0 Å². The van der Waals surface area contributed by atoms with Gasteiger partial charge >= 0.3 is 17.9 Å². The van der Waals surface area contributed by atoms with Gasteiger partial charge in [0.1, 0.15) is 6.04 Å². The molecule has 238 valence electrons. The molecule has 42 heavy (non-hydrogen) atoms. The highest BCUT2D eigenvalue weighted by atomic mass is 16.4. The monoisotopic (exact) mass is 599 g/mol. The third-order valence-corrected chi connectivity index (χ3v) is 7.49. The quantitative estimate of drug-likeness (QED) is 0.105. The summed E-state index contributed by atoms with van der Waals surface area (Å²) >= 11 is 0. The third-order valence-electron chi connectivity index (χ3n) is 7.49. The first-order valence-corrected chi connectivity index (χ1v) is 14.3. The average molecular weight is 600 g/mol. The Morgan fingerprint density at radius 3 is 1.67 bits per heavy atom. The number of amides is 3. The fourth-order valence-electron chi connectivity index (χ4n) is 5.15. The van der Waals surface area contributed by atoms with Gasteiger partial charge in [0.2, 0.25) is 17.7 Å². The molecule has 0 spiro atoms. The Kier molecular flexibility index (Phi) is 15.1. The zero-order chi connectivity index (χ0) is 31.1. The number of nitrogens with zero attached hydrogens (tertiary/aromatic N) is 4. The summed E-state index contributed by atoms with van der Waals surface area (Å²) in [5.74, 6) is -4.15. The molecular weight excluding hydrogens is 554 g/mol. The summed E-state index contributed by atoms with van der Waals surface area (Å²) in [7, 11) is 0. The van der Waals surface area contributed by atoms with Gasteiger partial charge in [-0.05, 0) is 38.3 Å². The van der Waals surface area contributed by atoms with Crippen LogP contribution < -0.4 is 16.4 Å². The number of aliphatic carboxylic acids is 3. The van der Waals surface area contributed by atoms with Gasteiger partial charge < -0.3 is 36.6 Å². The number of hydrogen-bond acceptors (Lipinski definition) is 10. The Morgan fingerprint density at radius 2 is 1.19 bits per heavy atom. The van der Waals surface area contributed by atoms with Crippen molar-refractivity contribution in [1.29, 1.82) is 0 Å². The van der Waals surface area contributed by atoms with Crippen molar-refractivity contribution < 1.29 is 44.1 Å². The van der Waals surface area contributed by atoms with Crippen molar-refractivity contribution in [2.45, 2.75) is 38.1 Å². The van der Waals surface area contributed by atoms with Crippen LogP contribution in [0.5, 0.6) is 0 Å². The summed E-state index contributed by atoms with van der Waals surface area (Å²) in [6.07, 6.45) is 1.43. The minimum absolute atomic E-state index is 0.0175. The maximum atomic E-state index is 12.6. The van der Waals surface area contributed by atoms with Crippen LogP contribution in [-0.4, -0.2) is 162 Å². The normalized spacial score (nSPS) is 19.1. The number of piperidine rings is 1. The molecule has 16 heteroatoms. The van der Waals surface area contributed by atoms with Crippen molar-refractivity contribution in [1.82, 2.24) is 30.2 Å². The van der Waals surface area contributed by atoms with Gasteiger partial charge in [0, 0.05) is 65.2 Å². The first-order chi connectivity index (χ1) is 19.9. The fraction of sp³-hybridized carbons (Fsp3) is 0.769. The summed E-state index contributed by atoms with van der Waals surface area (Å²) < 4.78 is 0. The van der Waals surface area contributed by atoms with Gasteiger partial charge in [0.15, 0.2) is 0 Å². The molecule has 3 amide bonds. The molecule has 1 unspecified atom stereocenters. The van der Waals surface area contributed by atoms with Crippen LogP contribution in [0.2, 0.25) is 0 Å². The second-order valence-electron chi connectivity index (χ2n) is 10.9. The van der Waals surface area contributed by atoms with E-state index >= 15 is 0 Å². The molecule has 2 rings (SSSR count). The maximum absolute atomic E-state index is 12.6. The topological polar surface area (TPSA) is 226 Å². The number of nitrogens with one attached hydrogen (secondary N) is 2. The largest absolute Gasteiger partial charge is 0.480 e. The Morgan fingerprint density at radius 1 is 0.690 bits per heavy atom. The van der Waals surface area contributed by atoms with Crippen LogP contribution in [0.25, 0.3) is 0 Å². The second kappa shape index (κ2) is 18.3. The zero-order valence-corrected chi connectivity index (χ0v) is 24.0. The molecule has 0 saturated carbocycles. The minimum atomic E-state index is -1.24. The molecule has 2 heterocycles. The van der Waals surface area contributed by atoms with Crippen LogP contribution in [0.15, 0.2) is 0 Å². The molecule has 7 N–H and O–H groups in total. The fourth-order valence-corrected chi connectivity index (χ4v) is 5.15. The number of carboxylic acid groups (broad SMARTS) is 3. The van der Waals surface area contributed by atoms with Crippen molar-refractivity contribution in [3.05, 3.63) is 0 Å². The summed E-state index contributed by atoms with van der Waals surface area (Å²) in [6, 6.07) is -1.21. The zero-order valence-electron chi connectivity index (χ0n) is 24.0. The van der Waals surface area contributed by atoms with Crippen LogP contribution >= 0.6 is 0 Å². The van der Waals surface area contributed by atoms with Gasteiger partial charge in [-0.1, -0.05) is 0 Å². The molecule has 0 bridgehead atoms. The molecule has 2 saturated heterocycles. The molecule has 0 aliphatic carbocycles. The van der Waals surface area contributed by atoms with Crippen LogP contribution in [0, 0.1) is 5.92 Å². The molecular formula is C26H45N7O9. The molecule has 1 atom stereocenters. The number of carbonyl (C=O) groups is 6. The lowest BCUT2D eigenvalue weighted by Crippen LogP contribution is -2.48. The van der Waals surface area contributed by atoms with Gasteiger partial charge in [0.05, 0.1) is 19.6 Å². The van der Waals surface area contributed by atoms with E-state index in [1.165, 1.54) is 0 Å². The first kappa shape index (κ1) is 34.9. The van der Waals surface area contributed by atoms with E-state index in [1.54, 1.807) is 0 Å². The maximum Gasteiger partial charge on any atom is 0.326 e. The van der Waals surface area contributed by atoms with Crippen LogP contribution in [0.3, 0.4) is 0 Å². The van der Waals surface area contributed by atoms with E-state index in [1.807, 2.05) is 14.7 Å². The molecule has 16 nitrogen and oxygen atoms in total. The number of likely N-dealkylation sites (tertiary alicyclic amines) is 1. The highest BCUT2D eigenvalue weighted by Crippen LogP contribution is 2.19. The van der Waals surface area contributed by atoms with E-state index in [2.05, 4.69) is 15.5 Å². The molecule has 2 aliphatic heterocycles. The third kappa shape index (κ3) is 14.5.